The predicted octanol–water partition coefficient (Wildman–Crippen LogP) is 1.29. The Morgan fingerprint density at radius 3 is 2.78 bits per heavy atom. The van der Waals surface area contributed by atoms with Crippen molar-refractivity contribution in [3.63, 3.8) is 0 Å². The summed E-state index contributed by atoms with van der Waals surface area (Å²) in [6.07, 6.45) is 3.36. The Morgan fingerprint density at radius 2 is 2.17 bits per heavy atom. The maximum absolute atomic E-state index is 10.8. The molecule has 0 unspecified atom stereocenters. The van der Waals surface area contributed by atoms with Gasteiger partial charge in [-0.15, -0.1) is 0 Å². The van der Waals surface area contributed by atoms with E-state index in [1.165, 1.54) is 12.1 Å². The number of nitro groups is 1. The van der Waals surface area contributed by atoms with Crippen LogP contribution in [0.5, 0.6) is 0 Å². The van der Waals surface area contributed by atoms with Gasteiger partial charge in [0.25, 0.3) is 0 Å². The molecule has 1 aliphatic rings. The number of aromatic nitrogens is 1. The van der Waals surface area contributed by atoms with E-state index >= 15 is 0 Å². The van der Waals surface area contributed by atoms with Crippen molar-refractivity contribution in [1.29, 1.82) is 0 Å². The molecule has 1 heterocycles. The standard InChI is InChI=1S/C11H16N4O3/c12-9-4-3-8(15(17)18)10(14-9)13-7-11(16)5-1-2-6-11/h3-4,16H,1-2,5-7H2,(H3,12,13,14). The maximum atomic E-state index is 10.8. The van der Waals surface area contributed by atoms with Gasteiger partial charge >= 0.3 is 5.69 Å². The van der Waals surface area contributed by atoms with E-state index in [1.807, 2.05) is 0 Å². The Hall–Kier alpha value is -1.89. The minimum absolute atomic E-state index is 0.111. The monoisotopic (exact) mass is 252 g/mol. The molecule has 1 aliphatic carbocycles. The molecule has 0 atom stereocenters. The van der Waals surface area contributed by atoms with Gasteiger partial charge in [-0.1, -0.05) is 12.8 Å². The fourth-order valence-electron chi connectivity index (χ4n) is 2.20. The molecule has 7 heteroatoms. The Bertz CT molecular complexity index is 458. The summed E-state index contributed by atoms with van der Waals surface area (Å²) in [4.78, 5) is 14.2. The number of hydrogen-bond donors (Lipinski definition) is 3. The van der Waals surface area contributed by atoms with Crippen molar-refractivity contribution in [1.82, 2.24) is 4.98 Å². The van der Waals surface area contributed by atoms with E-state index in [0.29, 0.717) is 12.8 Å². The zero-order chi connectivity index (χ0) is 13.2. The molecule has 1 saturated carbocycles. The number of anilines is 2. The van der Waals surface area contributed by atoms with Gasteiger partial charge in [-0.3, -0.25) is 10.1 Å². The highest BCUT2D eigenvalue weighted by molar-refractivity contribution is 5.59. The highest BCUT2D eigenvalue weighted by atomic mass is 16.6. The molecule has 1 aromatic rings. The van der Waals surface area contributed by atoms with Crippen LogP contribution in [0.3, 0.4) is 0 Å². The van der Waals surface area contributed by atoms with Gasteiger partial charge in [0.05, 0.1) is 10.5 Å². The van der Waals surface area contributed by atoms with E-state index in [0.717, 1.165) is 12.8 Å². The zero-order valence-corrected chi connectivity index (χ0v) is 9.93. The minimum Gasteiger partial charge on any atom is -0.388 e. The topological polar surface area (TPSA) is 114 Å². The van der Waals surface area contributed by atoms with E-state index < -0.39 is 10.5 Å². The van der Waals surface area contributed by atoms with Crippen LogP contribution in [0.4, 0.5) is 17.3 Å². The summed E-state index contributed by atoms with van der Waals surface area (Å²) in [6, 6.07) is 2.69. The van der Waals surface area contributed by atoms with Crippen LogP contribution in [0.25, 0.3) is 0 Å². The normalized spacial score (nSPS) is 17.6. The minimum atomic E-state index is -0.792. The third kappa shape index (κ3) is 2.67. The van der Waals surface area contributed by atoms with Crippen LogP contribution < -0.4 is 11.1 Å². The first-order valence-corrected chi connectivity index (χ1v) is 5.87. The van der Waals surface area contributed by atoms with Gasteiger partial charge in [0.1, 0.15) is 5.82 Å². The Balaban J connectivity index is 2.12. The number of pyridine rings is 1. The van der Waals surface area contributed by atoms with Crippen molar-refractivity contribution in [2.75, 3.05) is 17.6 Å². The molecule has 1 aromatic heterocycles. The van der Waals surface area contributed by atoms with E-state index in [9.17, 15) is 15.2 Å². The second-order valence-corrected chi connectivity index (χ2v) is 4.65. The first-order chi connectivity index (χ1) is 8.50. The van der Waals surface area contributed by atoms with Gasteiger partial charge in [0, 0.05) is 12.6 Å². The lowest BCUT2D eigenvalue weighted by Gasteiger charge is -2.22. The smallest absolute Gasteiger partial charge is 0.311 e. The molecule has 0 bridgehead atoms. The summed E-state index contributed by atoms with van der Waals surface area (Å²) < 4.78 is 0. The van der Waals surface area contributed by atoms with Crippen molar-refractivity contribution in [3.8, 4) is 0 Å². The maximum Gasteiger partial charge on any atom is 0.311 e. The van der Waals surface area contributed by atoms with Gasteiger partial charge in [-0.25, -0.2) is 4.98 Å². The summed E-state index contributed by atoms with van der Waals surface area (Å²) in [5.74, 6) is 0.321. The van der Waals surface area contributed by atoms with Gasteiger partial charge in [0.15, 0.2) is 0 Å². The summed E-state index contributed by atoms with van der Waals surface area (Å²) in [6.45, 7) is 0.254. The van der Waals surface area contributed by atoms with E-state index in [-0.39, 0.29) is 23.9 Å². The number of nitrogens with one attached hydrogen (secondary N) is 1. The second kappa shape index (κ2) is 4.77. The number of nitrogens with zero attached hydrogens (tertiary/aromatic N) is 2. The van der Waals surface area contributed by atoms with E-state index in [2.05, 4.69) is 10.3 Å². The fraction of sp³-hybridized carbons (Fsp3) is 0.545. The van der Waals surface area contributed by atoms with Crippen LogP contribution in [0.2, 0.25) is 0 Å². The predicted molar refractivity (Wildman–Crippen MR) is 67.2 cm³/mol. The summed E-state index contributed by atoms with van der Waals surface area (Å²) in [7, 11) is 0. The summed E-state index contributed by atoms with van der Waals surface area (Å²) in [5, 5.41) is 23.8. The lowest BCUT2D eigenvalue weighted by molar-refractivity contribution is -0.384. The number of aliphatic hydroxyl groups is 1. The van der Waals surface area contributed by atoms with Crippen molar-refractivity contribution in [2.24, 2.45) is 0 Å². The molecule has 4 N–H and O–H groups in total. The van der Waals surface area contributed by atoms with Crippen LogP contribution in [-0.4, -0.2) is 27.2 Å². The highest BCUT2D eigenvalue weighted by Gasteiger charge is 2.31. The molecule has 98 valence electrons. The molecule has 0 aliphatic heterocycles. The Labute approximate surface area is 104 Å². The first kappa shape index (κ1) is 12.6. The van der Waals surface area contributed by atoms with E-state index in [4.69, 9.17) is 5.73 Å². The lowest BCUT2D eigenvalue weighted by Crippen LogP contribution is -2.33. The zero-order valence-electron chi connectivity index (χ0n) is 9.93. The van der Waals surface area contributed by atoms with Crippen molar-refractivity contribution < 1.29 is 10.0 Å². The SMILES string of the molecule is Nc1ccc([N+](=O)[O-])c(NCC2(O)CCCC2)n1. The van der Waals surface area contributed by atoms with Crippen molar-refractivity contribution >= 4 is 17.3 Å². The van der Waals surface area contributed by atoms with Crippen LogP contribution in [0.1, 0.15) is 25.7 Å². The molecule has 0 radical (unpaired) electrons. The summed E-state index contributed by atoms with van der Waals surface area (Å²) >= 11 is 0. The van der Waals surface area contributed by atoms with Crippen molar-refractivity contribution in [2.45, 2.75) is 31.3 Å². The average molecular weight is 252 g/mol. The molecular weight excluding hydrogens is 236 g/mol. The molecule has 7 nitrogen and oxygen atoms in total. The second-order valence-electron chi connectivity index (χ2n) is 4.65. The highest BCUT2D eigenvalue weighted by Crippen LogP contribution is 2.31. The molecule has 0 amide bonds. The van der Waals surface area contributed by atoms with Gasteiger partial charge < -0.3 is 16.2 Å². The number of rotatable bonds is 4. The van der Waals surface area contributed by atoms with Crippen LogP contribution in [0.15, 0.2) is 12.1 Å². The number of nitrogens with two attached hydrogens (primary N) is 1. The van der Waals surface area contributed by atoms with Crippen LogP contribution in [-0.2, 0) is 0 Å². The molecule has 2 rings (SSSR count). The first-order valence-electron chi connectivity index (χ1n) is 5.87. The third-order valence-electron chi connectivity index (χ3n) is 3.21. The largest absolute Gasteiger partial charge is 0.388 e. The quantitative estimate of drug-likeness (QED) is 0.549. The number of hydrogen-bond acceptors (Lipinski definition) is 6. The summed E-state index contributed by atoms with van der Waals surface area (Å²) in [5.41, 5.74) is 4.58. The van der Waals surface area contributed by atoms with Crippen molar-refractivity contribution in [3.05, 3.63) is 22.2 Å². The molecule has 18 heavy (non-hydrogen) atoms. The Morgan fingerprint density at radius 1 is 1.50 bits per heavy atom. The van der Waals surface area contributed by atoms with Gasteiger partial charge in [0.2, 0.25) is 5.82 Å². The number of nitrogen functional groups attached to an aromatic ring is 1. The van der Waals surface area contributed by atoms with Crippen LogP contribution in [0, 0.1) is 10.1 Å². The third-order valence-corrected chi connectivity index (χ3v) is 3.21. The fourth-order valence-corrected chi connectivity index (χ4v) is 2.20. The average Bonchev–Trinajstić information content (AvgIpc) is 2.74. The van der Waals surface area contributed by atoms with E-state index in [1.54, 1.807) is 0 Å². The lowest BCUT2D eigenvalue weighted by atomic mass is 10.0. The molecule has 0 saturated heterocycles. The molecule has 0 aromatic carbocycles. The molecular formula is C11H16N4O3. The van der Waals surface area contributed by atoms with Gasteiger partial charge in [-0.2, -0.15) is 0 Å². The molecule has 1 fully saturated rings. The molecule has 0 spiro atoms. The van der Waals surface area contributed by atoms with Gasteiger partial charge in [-0.05, 0) is 18.9 Å². The van der Waals surface area contributed by atoms with Crippen LogP contribution >= 0.6 is 0 Å². The Kier molecular flexibility index (Phi) is 3.33.